The molecule has 0 fully saturated rings. The van der Waals surface area contributed by atoms with Crippen LogP contribution in [0.4, 0.5) is 5.00 Å². The Kier molecular flexibility index (Phi) is 5.83. The second-order valence-electron chi connectivity index (χ2n) is 6.20. The predicted molar refractivity (Wildman–Crippen MR) is 110 cm³/mol. The molecule has 1 aliphatic carbocycles. The maximum absolute atomic E-state index is 12.3. The molecule has 8 heteroatoms. The summed E-state index contributed by atoms with van der Waals surface area (Å²) >= 11 is 18.7. The molecular formula is C18H15Cl2N3OS2. The number of thiocarbonyl (C=S) groups is 1. The maximum atomic E-state index is 12.3. The van der Waals surface area contributed by atoms with Crippen LogP contribution in [-0.4, -0.2) is 11.0 Å². The van der Waals surface area contributed by atoms with Gasteiger partial charge in [-0.25, -0.2) is 0 Å². The molecule has 1 aromatic carbocycles. The lowest BCUT2D eigenvalue weighted by Crippen LogP contribution is -2.34. The smallest absolute Gasteiger partial charge is 0.258 e. The third kappa shape index (κ3) is 4.02. The van der Waals surface area contributed by atoms with Crippen molar-refractivity contribution in [1.82, 2.24) is 5.32 Å². The van der Waals surface area contributed by atoms with E-state index in [1.807, 2.05) is 0 Å². The van der Waals surface area contributed by atoms with Crippen LogP contribution in [0.15, 0.2) is 18.2 Å². The minimum atomic E-state index is -0.433. The number of hydrogen-bond acceptors (Lipinski definition) is 4. The van der Waals surface area contributed by atoms with Crippen molar-refractivity contribution >= 4 is 62.8 Å². The zero-order valence-corrected chi connectivity index (χ0v) is 17.0. The van der Waals surface area contributed by atoms with Crippen molar-refractivity contribution in [2.45, 2.75) is 26.2 Å². The second-order valence-corrected chi connectivity index (χ2v) is 8.56. The van der Waals surface area contributed by atoms with Crippen LogP contribution >= 0.6 is 46.8 Å². The van der Waals surface area contributed by atoms with E-state index in [0.29, 0.717) is 21.5 Å². The van der Waals surface area contributed by atoms with E-state index in [1.54, 1.807) is 6.07 Å². The quantitative estimate of drug-likeness (QED) is 0.653. The summed E-state index contributed by atoms with van der Waals surface area (Å²) in [4.78, 5) is 13.6. The topological polar surface area (TPSA) is 64.9 Å². The molecule has 26 heavy (non-hydrogen) atoms. The lowest BCUT2D eigenvalue weighted by molar-refractivity contribution is 0.0978. The van der Waals surface area contributed by atoms with Crippen LogP contribution < -0.4 is 10.6 Å². The van der Waals surface area contributed by atoms with Gasteiger partial charge in [0.1, 0.15) is 11.1 Å². The maximum Gasteiger partial charge on any atom is 0.258 e. The van der Waals surface area contributed by atoms with Gasteiger partial charge in [-0.15, -0.1) is 11.3 Å². The molecule has 1 amide bonds. The van der Waals surface area contributed by atoms with Crippen molar-refractivity contribution in [1.29, 1.82) is 5.26 Å². The highest BCUT2D eigenvalue weighted by Gasteiger charge is 2.24. The Morgan fingerprint density at radius 2 is 2.19 bits per heavy atom. The highest BCUT2D eigenvalue weighted by molar-refractivity contribution is 7.80. The van der Waals surface area contributed by atoms with Gasteiger partial charge in [0.25, 0.3) is 5.91 Å². The van der Waals surface area contributed by atoms with Gasteiger partial charge in [0.2, 0.25) is 0 Å². The summed E-state index contributed by atoms with van der Waals surface area (Å²) in [6, 6.07) is 6.88. The summed E-state index contributed by atoms with van der Waals surface area (Å²) in [5, 5.41) is 16.6. The highest BCUT2D eigenvalue weighted by atomic mass is 35.5. The van der Waals surface area contributed by atoms with E-state index in [2.05, 4.69) is 23.6 Å². The molecule has 1 aliphatic rings. The SMILES string of the molecule is C[C@H]1CCc2c(sc(NC(=S)NC(=O)c3ccc(Cl)cc3Cl)c2C#N)C1. The average Bonchev–Trinajstić information content (AvgIpc) is 2.90. The number of nitrogens with one attached hydrogen (secondary N) is 2. The summed E-state index contributed by atoms with van der Waals surface area (Å²) in [6.07, 6.45) is 2.95. The molecule has 0 saturated heterocycles. The molecular weight excluding hydrogens is 409 g/mol. The second kappa shape index (κ2) is 7.93. The van der Waals surface area contributed by atoms with E-state index in [1.165, 1.54) is 28.3 Å². The number of rotatable bonds is 2. The molecule has 134 valence electrons. The molecule has 3 rings (SSSR count). The van der Waals surface area contributed by atoms with Crippen molar-refractivity contribution in [2.24, 2.45) is 5.92 Å². The zero-order valence-electron chi connectivity index (χ0n) is 13.9. The fourth-order valence-electron chi connectivity index (χ4n) is 2.94. The van der Waals surface area contributed by atoms with Gasteiger partial charge in [0.05, 0.1) is 16.1 Å². The van der Waals surface area contributed by atoms with E-state index in [9.17, 15) is 10.1 Å². The number of fused-ring (bicyclic) bond motifs is 1. The van der Waals surface area contributed by atoms with Crippen molar-refractivity contribution in [2.75, 3.05) is 5.32 Å². The first kappa shape index (κ1) is 19.1. The number of carbonyl (C=O) groups is 1. The first-order chi connectivity index (χ1) is 12.4. The zero-order chi connectivity index (χ0) is 18.8. The van der Waals surface area contributed by atoms with E-state index in [-0.39, 0.29) is 15.7 Å². The number of benzene rings is 1. The average molecular weight is 424 g/mol. The Morgan fingerprint density at radius 3 is 2.88 bits per heavy atom. The lowest BCUT2D eigenvalue weighted by Gasteiger charge is -2.17. The fraction of sp³-hybridized carbons (Fsp3) is 0.278. The number of anilines is 1. The molecule has 0 spiro atoms. The number of halogens is 2. The highest BCUT2D eigenvalue weighted by Crippen LogP contribution is 2.39. The molecule has 0 bridgehead atoms. The van der Waals surface area contributed by atoms with Crippen molar-refractivity contribution in [3.05, 3.63) is 49.8 Å². The number of hydrogen-bond donors (Lipinski definition) is 2. The van der Waals surface area contributed by atoms with Crippen LogP contribution in [0.1, 0.15) is 39.7 Å². The van der Waals surface area contributed by atoms with E-state index in [4.69, 9.17) is 35.4 Å². The van der Waals surface area contributed by atoms with Crippen LogP contribution in [0.5, 0.6) is 0 Å². The van der Waals surface area contributed by atoms with Gasteiger partial charge in [-0.2, -0.15) is 5.26 Å². The number of carbonyl (C=O) groups excluding carboxylic acids is 1. The van der Waals surface area contributed by atoms with Crippen LogP contribution in [0.25, 0.3) is 0 Å². The van der Waals surface area contributed by atoms with Gasteiger partial charge in [0, 0.05) is 9.90 Å². The Hall–Kier alpha value is -1.65. The minimum Gasteiger partial charge on any atom is -0.323 e. The standard InChI is InChI=1S/C18H15Cl2N3OS2/c1-9-2-4-11-13(8-21)17(26-15(11)6-9)23-18(25)22-16(24)12-5-3-10(19)7-14(12)20/h3,5,7,9H,2,4,6H2,1H3,(H2,22,23,24,25)/t9-/m0/s1. The minimum absolute atomic E-state index is 0.129. The van der Waals surface area contributed by atoms with E-state index >= 15 is 0 Å². The van der Waals surface area contributed by atoms with Crippen molar-refractivity contribution < 1.29 is 4.79 Å². The van der Waals surface area contributed by atoms with Gasteiger partial charge in [-0.3, -0.25) is 10.1 Å². The molecule has 1 heterocycles. The molecule has 0 radical (unpaired) electrons. The molecule has 0 aliphatic heterocycles. The normalized spacial score (nSPS) is 15.7. The van der Waals surface area contributed by atoms with Crippen molar-refractivity contribution in [3.8, 4) is 6.07 Å². The van der Waals surface area contributed by atoms with Crippen LogP contribution in [0.2, 0.25) is 10.0 Å². The summed E-state index contributed by atoms with van der Waals surface area (Å²) in [5.74, 6) is 0.178. The summed E-state index contributed by atoms with van der Waals surface area (Å²) < 4.78 is 0. The van der Waals surface area contributed by atoms with Crippen LogP contribution in [-0.2, 0) is 12.8 Å². The monoisotopic (exact) mass is 423 g/mol. The lowest BCUT2D eigenvalue weighted by atomic mass is 9.89. The first-order valence-corrected chi connectivity index (χ1v) is 9.99. The third-order valence-corrected chi connectivity index (χ3v) is 6.18. The number of nitrogens with zero attached hydrogens (tertiary/aromatic N) is 1. The summed E-state index contributed by atoms with van der Waals surface area (Å²) in [7, 11) is 0. The number of amides is 1. The molecule has 1 atom stereocenters. The fourth-order valence-corrected chi connectivity index (χ4v) is 5.05. The molecule has 2 aromatic rings. The predicted octanol–water partition coefficient (Wildman–Crippen LogP) is 5.18. The van der Waals surface area contributed by atoms with Crippen LogP contribution in [0, 0.1) is 17.2 Å². The van der Waals surface area contributed by atoms with Gasteiger partial charge < -0.3 is 5.32 Å². The third-order valence-electron chi connectivity index (χ3n) is 4.25. The Labute approximate surface area is 171 Å². The summed E-state index contributed by atoms with van der Waals surface area (Å²) in [5.41, 5.74) is 2.01. The van der Waals surface area contributed by atoms with Gasteiger partial charge >= 0.3 is 0 Å². The van der Waals surface area contributed by atoms with Gasteiger partial charge in [-0.1, -0.05) is 30.1 Å². The molecule has 4 nitrogen and oxygen atoms in total. The van der Waals surface area contributed by atoms with E-state index < -0.39 is 5.91 Å². The Bertz CT molecular complexity index is 933. The number of thiophene rings is 1. The number of nitriles is 1. The molecule has 1 aromatic heterocycles. The molecule has 0 unspecified atom stereocenters. The Morgan fingerprint density at radius 1 is 1.42 bits per heavy atom. The van der Waals surface area contributed by atoms with Crippen LogP contribution in [0.3, 0.4) is 0 Å². The summed E-state index contributed by atoms with van der Waals surface area (Å²) in [6.45, 7) is 2.21. The van der Waals surface area contributed by atoms with Gasteiger partial charge in [-0.05, 0) is 61.2 Å². The van der Waals surface area contributed by atoms with E-state index in [0.717, 1.165) is 24.8 Å². The largest absolute Gasteiger partial charge is 0.323 e. The first-order valence-electron chi connectivity index (χ1n) is 8.01. The van der Waals surface area contributed by atoms with Gasteiger partial charge in [0.15, 0.2) is 5.11 Å². The Balaban J connectivity index is 1.74. The van der Waals surface area contributed by atoms with Crippen molar-refractivity contribution in [3.63, 3.8) is 0 Å². The molecule has 2 N–H and O–H groups in total. The molecule has 0 saturated carbocycles.